The molecule has 142 valence electrons. The van der Waals surface area contributed by atoms with E-state index in [1.165, 1.54) is 28.0 Å². The van der Waals surface area contributed by atoms with Crippen LogP contribution in [0.25, 0.3) is 10.2 Å². The fraction of sp³-hybridized carbons (Fsp3) is 0.182. The van der Waals surface area contributed by atoms with Gasteiger partial charge in [-0.05, 0) is 42.7 Å². The molecule has 28 heavy (non-hydrogen) atoms. The molecule has 2 aromatic carbocycles. The van der Waals surface area contributed by atoms with Gasteiger partial charge in [-0.25, -0.2) is 9.18 Å². The second-order valence-corrected chi connectivity index (χ2v) is 8.04. The largest absolute Gasteiger partial charge is 0.332 e. The van der Waals surface area contributed by atoms with Crippen molar-refractivity contribution < 1.29 is 4.39 Å². The summed E-state index contributed by atoms with van der Waals surface area (Å²) < 4.78 is 16.5. The van der Waals surface area contributed by atoms with Crippen molar-refractivity contribution in [3.63, 3.8) is 0 Å². The first-order valence-corrected chi connectivity index (χ1v) is 9.79. The Morgan fingerprint density at radius 1 is 0.893 bits per heavy atom. The van der Waals surface area contributed by atoms with Gasteiger partial charge in [0.2, 0.25) is 0 Å². The second kappa shape index (κ2) is 7.20. The molecule has 4 rings (SSSR count). The third-order valence-electron chi connectivity index (χ3n) is 4.95. The summed E-state index contributed by atoms with van der Waals surface area (Å²) in [5, 5.41) is 0.564. The lowest BCUT2D eigenvalue weighted by Gasteiger charge is -2.13. The SMILES string of the molecule is Cc1sc2c(c1C)c(=O)n(Cc1ccccc1)c(=O)n2Cc1cccc(F)c1. The van der Waals surface area contributed by atoms with Crippen LogP contribution in [-0.2, 0) is 13.1 Å². The molecule has 2 aromatic heterocycles. The van der Waals surface area contributed by atoms with Gasteiger partial charge in [0.1, 0.15) is 10.6 Å². The van der Waals surface area contributed by atoms with Crippen molar-refractivity contribution in [2.24, 2.45) is 0 Å². The van der Waals surface area contributed by atoms with Crippen LogP contribution in [0, 0.1) is 19.7 Å². The molecule has 0 aliphatic rings. The van der Waals surface area contributed by atoms with Crippen LogP contribution in [0.3, 0.4) is 0 Å². The Hall–Kier alpha value is -2.99. The van der Waals surface area contributed by atoms with E-state index in [1.807, 2.05) is 44.2 Å². The van der Waals surface area contributed by atoms with Crippen molar-refractivity contribution >= 4 is 21.6 Å². The Bertz CT molecular complexity index is 1290. The Kier molecular flexibility index (Phi) is 4.73. The Balaban J connectivity index is 1.96. The van der Waals surface area contributed by atoms with Crippen molar-refractivity contribution in [1.29, 1.82) is 0 Å². The Labute approximate surface area is 165 Å². The van der Waals surface area contributed by atoms with Gasteiger partial charge < -0.3 is 0 Å². The van der Waals surface area contributed by atoms with Gasteiger partial charge in [-0.2, -0.15) is 0 Å². The zero-order chi connectivity index (χ0) is 19.8. The Morgan fingerprint density at radius 2 is 1.57 bits per heavy atom. The average molecular weight is 394 g/mol. The van der Waals surface area contributed by atoms with Crippen LogP contribution >= 0.6 is 11.3 Å². The van der Waals surface area contributed by atoms with Crippen molar-refractivity contribution in [2.45, 2.75) is 26.9 Å². The molecule has 0 saturated carbocycles. The molecule has 0 saturated heterocycles. The quantitative estimate of drug-likeness (QED) is 0.524. The van der Waals surface area contributed by atoms with Crippen LogP contribution < -0.4 is 11.2 Å². The lowest BCUT2D eigenvalue weighted by Crippen LogP contribution is -2.40. The number of thiophene rings is 1. The van der Waals surface area contributed by atoms with Gasteiger partial charge in [0.05, 0.1) is 18.5 Å². The zero-order valence-electron chi connectivity index (χ0n) is 15.6. The topological polar surface area (TPSA) is 44.0 Å². The van der Waals surface area contributed by atoms with E-state index < -0.39 is 0 Å². The summed E-state index contributed by atoms with van der Waals surface area (Å²) in [6.07, 6.45) is 0. The van der Waals surface area contributed by atoms with E-state index >= 15 is 0 Å². The minimum Gasteiger partial charge on any atom is -0.280 e. The number of nitrogens with zero attached hydrogens (tertiary/aromatic N) is 2. The summed E-state index contributed by atoms with van der Waals surface area (Å²) in [5.41, 5.74) is 1.79. The number of fused-ring (bicyclic) bond motifs is 1. The highest BCUT2D eigenvalue weighted by Gasteiger charge is 2.19. The molecule has 0 spiro atoms. The summed E-state index contributed by atoms with van der Waals surface area (Å²) in [6.45, 7) is 4.25. The molecule has 6 heteroatoms. The summed E-state index contributed by atoms with van der Waals surface area (Å²) >= 11 is 1.43. The maximum atomic E-state index is 13.6. The summed E-state index contributed by atoms with van der Waals surface area (Å²) in [5.74, 6) is -0.349. The summed E-state index contributed by atoms with van der Waals surface area (Å²) in [7, 11) is 0. The van der Waals surface area contributed by atoms with Crippen molar-refractivity contribution in [2.75, 3.05) is 0 Å². The number of halogens is 1. The highest BCUT2D eigenvalue weighted by molar-refractivity contribution is 7.18. The maximum Gasteiger partial charge on any atom is 0.332 e. The van der Waals surface area contributed by atoms with Crippen molar-refractivity contribution in [3.05, 3.63) is 103 Å². The standard InChI is InChI=1S/C22H19FN2O2S/c1-14-15(2)28-21-19(14)20(26)24(12-16-7-4-3-5-8-16)22(27)25(21)13-17-9-6-10-18(23)11-17/h3-11H,12-13H2,1-2H3. The first kappa shape index (κ1) is 18.4. The number of hydrogen-bond donors (Lipinski definition) is 0. The molecule has 0 N–H and O–H groups in total. The van der Waals surface area contributed by atoms with E-state index in [1.54, 1.807) is 16.7 Å². The van der Waals surface area contributed by atoms with E-state index in [0.29, 0.717) is 15.8 Å². The Morgan fingerprint density at radius 3 is 2.29 bits per heavy atom. The predicted octanol–water partition coefficient (Wildman–Crippen LogP) is 4.08. The van der Waals surface area contributed by atoms with E-state index in [0.717, 1.165) is 16.0 Å². The minimum atomic E-state index is -0.383. The monoisotopic (exact) mass is 394 g/mol. The molecule has 0 fully saturated rings. The number of benzene rings is 2. The number of aromatic nitrogens is 2. The highest BCUT2D eigenvalue weighted by atomic mass is 32.1. The fourth-order valence-corrected chi connectivity index (χ4v) is 4.51. The molecule has 0 aliphatic heterocycles. The van der Waals surface area contributed by atoms with Crippen LogP contribution in [0.5, 0.6) is 0 Å². The van der Waals surface area contributed by atoms with Gasteiger partial charge in [0.25, 0.3) is 5.56 Å². The molecule has 0 unspecified atom stereocenters. The van der Waals surface area contributed by atoms with Crippen molar-refractivity contribution in [1.82, 2.24) is 9.13 Å². The van der Waals surface area contributed by atoms with Gasteiger partial charge in [0.15, 0.2) is 0 Å². The average Bonchev–Trinajstić information content (AvgIpc) is 2.98. The highest BCUT2D eigenvalue weighted by Crippen LogP contribution is 2.27. The van der Waals surface area contributed by atoms with E-state index in [2.05, 4.69) is 0 Å². The molecular weight excluding hydrogens is 375 g/mol. The molecule has 4 nitrogen and oxygen atoms in total. The smallest absolute Gasteiger partial charge is 0.280 e. The minimum absolute atomic E-state index is 0.200. The van der Waals surface area contributed by atoms with Crippen LogP contribution in [0.4, 0.5) is 4.39 Å². The maximum absolute atomic E-state index is 13.6. The molecule has 4 aromatic rings. The van der Waals surface area contributed by atoms with Crippen LogP contribution in [0.1, 0.15) is 21.6 Å². The lowest BCUT2D eigenvalue weighted by molar-refractivity contribution is 0.616. The van der Waals surface area contributed by atoms with Crippen LogP contribution in [0.2, 0.25) is 0 Å². The molecule has 0 bridgehead atoms. The van der Waals surface area contributed by atoms with Crippen LogP contribution in [0.15, 0.2) is 64.2 Å². The van der Waals surface area contributed by atoms with E-state index in [9.17, 15) is 14.0 Å². The van der Waals surface area contributed by atoms with Crippen molar-refractivity contribution in [3.8, 4) is 0 Å². The zero-order valence-corrected chi connectivity index (χ0v) is 16.4. The van der Waals surface area contributed by atoms with E-state index in [-0.39, 0.29) is 30.2 Å². The lowest BCUT2D eigenvalue weighted by atomic mass is 10.2. The molecule has 0 aliphatic carbocycles. The van der Waals surface area contributed by atoms with Gasteiger partial charge >= 0.3 is 5.69 Å². The van der Waals surface area contributed by atoms with Gasteiger partial charge in [-0.15, -0.1) is 11.3 Å². The predicted molar refractivity (Wildman–Crippen MR) is 111 cm³/mol. The fourth-order valence-electron chi connectivity index (χ4n) is 3.37. The first-order valence-electron chi connectivity index (χ1n) is 8.97. The van der Waals surface area contributed by atoms with Gasteiger partial charge in [0, 0.05) is 4.88 Å². The van der Waals surface area contributed by atoms with Gasteiger partial charge in [-0.1, -0.05) is 42.5 Å². The van der Waals surface area contributed by atoms with Crippen LogP contribution in [-0.4, -0.2) is 9.13 Å². The molecule has 0 atom stereocenters. The first-order chi connectivity index (χ1) is 13.5. The molecular formula is C22H19FN2O2S. The van der Waals surface area contributed by atoms with E-state index in [4.69, 9.17) is 0 Å². The molecule has 2 heterocycles. The summed E-state index contributed by atoms with van der Waals surface area (Å²) in [6, 6.07) is 15.6. The summed E-state index contributed by atoms with van der Waals surface area (Å²) in [4.78, 5) is 28.0. The number of hydrogen-bond acceptors (Lipinski definition) is 3. The third kappa shape index (κ3) is 3.20. The molecule has 0 radical (unpaired) electrons. The normalized spacial score (nSPS) is 11.2. The molecule has 0 amide bonds. The third-order valence-corrected chi connectivity index (χ3v) is 6.18. The second-order valence-electron chi connectivity index (χ2n) is 6.84. The van der Waals surface area contributed by atoms with Gasteiger partial charge in [-0.3, -0.25) is 13.9 Å². The number of rotatable bonds is 4. The number of aryl methyl sites for hydroxylation is 2.